The Kier molecular flexibility index (Phi) is 8.11. The van der Waals surface area contributed by atoms with Gasteiger partial charge in [-0.15, -0.1) is 0 Å². The van der Waals surface area contributed by atoms with Crippen LogP contribution >= 0.6 is 0 Å². The van der Waals surface area contributed by atoms with Crippen LogP contribution in [0.5, 0.6) is 5.75 Å². The summed E-state index contributed by atoms with van der Waals surface area (Å²) in [6, 6.07) is 6.09. The number of unbranched alkanes of at least 4 members (excludes halogenated alkanes) is 1. The lowest BCUT2D eigenvalue weighted by Gasteiger charge is -2.35. The zero-order chi connectivity index (χ0) is 21.3. The van der Waals surface area contributed by atoms with Gasteiger partial charge in [-0.2, -0.15) is 0 Å². The normalized spacial score (nSPS) is 19.8. The topological polar surface area (TPSA) is 84.9 Å². The molecule has 1 heterocycles. The summed E-state index contributed by atoms with van der Waals surface area (Å²) in [7, 11) is 0. The summed E-state index contributed by atoms with van der Waals surface area (Å²) >= 11 is 0. The Bertz CT molecular complexity index is 728. The van der Waals surface area contributed by atoms with E-state index < -0.39 is 12.0 Å². The molecule has 1 saturated carbocycles. The van der Waals surface area contributed by atoms with Crippen molar-refractivity contribution in [2.75, 3.05) is 19.7 Å². The van der Waals surface area contributed by atoms with E-state index in [2.05, 4.69) is 12.2 Å². The van der Waals surface area contributed by atoms with Crippen molar-refractivity contribution in [1.82, 2.24) is 10.2 Å². The summed E-state index contributed by atoms with van der Waals surface area (Å²) in [5, 5.41) is 2.75. The second-order valence-electron chi connectivity index (χ2n) is 7.99. The number of esters is 1. The van der Waals surface area contributed by atoms with Crippen LogP contribution in [0.3, 0.4) is 0 Å². The maximum Gasteiger partial charge on any atom is 0.308 e. The van der Waals surface area contributed by atoms with Gasteiger partial charge in [-0.1, -0.05) is 19.8 Å². The summed E-state index contributed by atoms with van der Waals surface area (Å²) in [6.07, 6.45) is 6.88. The monoisotopic (exact) mass is 416 g/mol. The van der Waals surface area contributed by atoms with Crippen molar-refractivity contribution in [2.24, 2.45) is 0 Å². The molecule has 1 unspecified atom stereocenters. The van der Waals surface area contributed by atoms with Gasteiger partial charge in [0.05, 0.1) is 13.0 Å². The first-order valence-corrected chi connectivity index (χ1v) is 11.1. The van der Waals surface area contributed by atoms with Crippen LogP contribution in [0.4, 0.5) is 0 Å². The third kappa shape index (κ3) is 5.97. The van der Waals surface area contributed by atoms with Crippen molar-refractivity contribution < 1.29 is 23.9 Å². The molecule has 1 aromatic rings. The van der Waals surface area contributed by atoms with Crippen LogP contribution in [0.25, 0.3) is 0 Å². The lowest BCUT2D eigenvalue weighted by molar-refractivity contribution is -0.153. The number of carbonyl (C=O) groups is 3. The van der Waals surface area contributed by atoms with Gasteiger partial charge in [0.1, 0.15) is 17.9 Å². The second-order valence-corrected chi connectivity index (χ2v) is 7.99. The largest absolute Gasteiger partial charge is 0.494 e. The number of rotatable bonds is 8. The van der Waals surface area contributed by atoms with E-state index in [4.69, 9.17) is 9.47 Å². The van der Waals surface area contributed by atoms with Crippen LogP contribution in [0.2, 0.25) is 0 Å². The van der Waals surface area contributed by atoms with Crippen LogP contribution in [-0.2, 0) is 14.3 Å². The molecular formula is C23H32N2O5. The molecule has 2 amide bonds. The first-order valence-electron chi connectivity index (χ1n) is 11.1. The summed E-state index contributed by atoms with van der Waals surface area (Å²) < 4.78 is 11.2. The molecule has 2 fully saturated rings. The molecule has 1 aromatic carbocycles. The van der Waals surface area contributed by atoms with E-state index in [0.29, 0.717) is 31.0 Å². The molecule has 0 aromatic heterocycles. The van der Waals surface area contributed by atoms with Crippen molar-refractivity contribution >= 4 is 17.8 Å². The van der Waals surface area contributed by atoms with E-state index in [-0.39, 0.29) is 24.3 Å². The highest BCUT2D eigenvalue weighted by molar-refractivity contribution is 5.99. The fourth-order valence-electron chi connectivity index (χ4n) is 3.93. The fourth-order valence-corrected chi connectivity index (χ4v) is 3.93. The molecule has 164 valence electrons. The number of hydrogen-bond acceptors (Lipinski definition) is 5. The maximum atomic E-state index is 13.1. The number of ether oxygens (including phenoxy) is 2. The quantitative estimate of drug-likeness (QED) is 0.520. The Morgan fingerprint density at radius 3 is 2.57 bits per heavy atom. The number of carbonyl (C=O) groups excluding carboxylic acids is 3. The minimum absolute atomic E-state index is 0.0673. The number of piperazine rings is 1. The van der Waals surface area contributed by atoms with Gasteiger partial charge in [-0.3, -0.25) is 14.4 Å². The van der Waals surface area contributed by atoms with Gasteiger partial charge in [0, 0.05) is 18.7 Å². The van der Waals surface area contributed by atoms with Gasteiger partial charge < -0.3 is 19.7 Å². The zero-order valence-electron chi connectivity index (χ0n) is 17.7. The van der Waals surface area contributed by atoms with E-state index in [9.17, 15) is 14.4 Å². The van der Waals surface area contributed by atoms with Gasteiger partial charge in [0.25, 0.3) is 5.91 Å². The minimum atomic E-state index is -0.845. The van der Waals surface area contributed by atoms with Crippen molar-refractivity contribution in [3.05, 3.63) is 29.8 Å². The number of nitrogens with zero attached hydrogens (tertiary/aromatic N) is 1. The van der Waals surface area contributed by atoms with E-state index in [1.54, 1.807) is 24.3 Å². The summed E-state index contributed by atoms with van der Waals surface area (Å²) in [5.41, 5.74) is 0.471. The molecule has 1 N–H and O–H groups in total. The highest BCUT2D eigenvalue weighted by Gasteiger charge is 2.36. The maximum absolute atomic E-state index is 13.1. The van der Waals surface area contributed by atoms with Gasteiger partial charge in [0.15, 0.2) is 0 Å². The molecule has 1 atom stereocenters. The predicted molar refractivity (Wildman–Crippen MR) is 112 cm³/mol. The zero-order valence-corrected chi connectivity index (χ0v) is 17.7. The lowest BCUT2D eigenvalue weighted by atomic mass is 9.98. The number of amides is 2. The molecule has 0 spiro atoms. The smallest absolute Gasteiger partial charge is 0.308 e. The Morgan fingerprint density at radius 2 is 1.87 bits per heavy atom. The molecule has 30 heavy (non-hydrogen) atoms. The predicted octanol–water partition coefficient (Wildman–Crippen LogP) is 3.07. The lowest BCUT2D eigenvalue weighted by Crippen LogP contribution is -2.58. The highest BCUT2D eigenvalue weighted by atomic mass is 16.5. The molecule has 2 aliphatic rings. The Hall–Kier alpha value is -2.57. The minimum Gasteiger partial charge on any atom is -0.494 e. The first kappa shape index (κ1) is 22.1. The average molecular weight is 417 g/mol. The Balaban J connectivity index is 1.62. The molecular weight excluding hydrogens is 384 g/mol. The number of benzene rings is 1. The van der Waals surface area contributed by atoms with Crippen molar-refractivity contribution in [3.8, 4) is 5.75 Å². The Morgan fingerprint density at radius 1 is 1.13 bits per heavy atom. The number of nitrogens with one attached hydrogen (secondary N) is 1. The molecule has 7 heteroatoms. The van der Waals surface area contributed by atoms with Gasteiger partial charge in [-0.05, 0) is 56.4 Å². The SMILES string of the molecule is CCCCOc1ccc(C(=O)N2CCNC(=O)C2CC(=O)OC2CCCCC2)cc1. The molecule has 3 rings (SSSR count). The second kappa shape index (κ2) is 11.0. The molecule has 1 aliphatic carbocycles. The summed E-state index contributed by atoms with van der Waals surface area (Å²) in [6.45, 7) is 3.47. The number of hydrogen-bond donors (Lipinski definition) is 1. The molecule has 7 nitrogen and oxygen atoms in total. The standard InChI is InChI=1S/C23H32N2O5/c1-2-3-15-29-18-11-9-17(10-12-18)23(28)25-14-13-24-22(27)20(25)16-21(26)30-19-7-5-4-6-8-19/h9-12,19-20H,2-8,13-16H2,1H3,(H,24,27). The van der Waals surface area contributed by atoms with Crippen LogP contribution < -0.4 is 10.1 Å². The molecule has 0 radical (unpaired) electrons. The van der Waals surface area contributed by atoms with E-state index in [1.165, 1.54) is 11.3 Å². The van der Waals surface area contributed by atoms with E-state index in [1.807, 2.05) is 0 Å². The fraction of sp³-hybridized carbons (Fsp3) is 0.609. The summed E-state index contributed by atoms with van der Waals surface area (Å²) in [4.78, 5) is 39.4. The van der Waals surface area contributed by atoms with Crippen molar-refractivity contribution in [2.45, 2.75) is 70.4 Å². The van der Waals surface area contributed by atoms with E-state index >= 15 is 0 Å². The first-order chi connectivity index (χ1) is 14.6. The molecule has 1 aliphatic heterocycles. The van der Waals surface area contributed by atoms with Gasteiger partial charge in [0.2, 0.25) is 5.91 Å². The van der Waals surface area contributed by atoms with Crippen LogP contribution in [0.1, 0.15) is 68.6 Å². The van der Waals surface area contributed by atoms with Crippen LogP contribution in [-0.4, -0.2) is 54.5 Å². The third-order valence-electron chi connectivity index (χ3n) is 5.67. The van der Waals surface area contributed by atoms with Crippen molar-refractivity contribution in [1.29, 1.82) is 0 Å². The Labute approximate surface area is 178 Å². The molecule has 0 bridgehead atoms. The van der Waals surface area contributed by atoms with Crippen LogP contribution in [0, 0.1) is 0 Å². The summed E-state index contributed by atoms with van der Waals surface area (Å²) in [5.74, 6) is -0.277. The third-order valence-corrected chi connectivity index (χ3v) is 5.67. The van der Waals surface area contributed by atoms with Gasteiger partial charge in [-0.25, -0.2) is 0 Å². The van der Waals surface area contributed by atoms with Crippen molar-refractivity contribution in [3.63, 3.8) is 0 Å². The molecule has 1 saturated heterocycles. The average Bonchev–Trinajstić information content (AvgIpc) is 2.76. The van der Waals surface area contributed by atoms with Crippen LogP contribution in [0.15, 0.2) is 24.3 Å². The highest BCUT2D eigenvalue weighted by Crippen LogP contribution is 2.22. The van der Waals surface area contributed by atoms with Gasteiger partial charge >= 0.3 is 5.97 Å². The van der Waals surface area contributed by atoms with E-state index in [0.717, 1.165) is 38.5 Å².